The monoisotopic (exact) mass is 265 g/mol. The molecule has 0 heterocycles. The molecule has 0 aliphatic heterocycles. The second kappa shape index (κ2) is 5.91. The average Bonchev–Trinajstić information content (AvgIpc) is 2.48. The number of carbonyl (C=O) groups is 1. The fourth-order valence-electron chi connectivity index (χ4n) is 2.93. The van der Waals surface area contributed by atoms with E-state index >= 15 is 0 Å². The SMILES string of the molecule is O=C(Cc1ccccc1)NC1CCCc2ccccc21. The maximum absolute atomic E-state index is 12.2. The van der Waals surface area contributed by atoms with Crippen LogP contribution in [0, 0.1) is 0 Å². The predicted molar refractivity (Wildman–Crippen MR) is 80.4 cm³/mol. The Morgan fingerprint density at radius 3 is 2.65 bits per heavy atom. The number of fused-ring (bicyclic) bond motifs is 1. The molecule has 1 N–H and O–H groups in total. The molecule has 0 saturated carbocycles. The van der Waals surface area contributed by atoms with E-state index < -0.39 is 0 Å². The summed E-state index contributed by atoms with van der Waals surface area (Å²) in [4.78, 5) is 12.2. The van der Waals surface area contributed by atoms with Crippen LogP contribution in [-0.4, -0.2) is 5.91 Å². The van der Waals surface area contributed by atoms with Crippen LogP contribution >= 0.6 is 0 Å². The largest absolute Gasteiger partial charge is 0.349 e. The Morgan fingerprint density at radius 1 is 1.05 bits per heavy atom. The lowest BCUT2D eigenvalue weighted by molar-refractivity contribution is -0.121. The van der Waals surface area contributed by atoms with Gasteiger partial charge in [-0.1, -0.05) is 54.6 Å². The van der Waals surface area contributed by atoms with Crippen LogP contribution in [0.3, 0.4) is 0 Å². The van der Waals surface area contributed by atoms with Crippen molar-refractivity contribution in [2.45, 2.75) is 31.7 Å². The lowest BCUT2D eigenvalue weighted by Gasteiger charge is -2.26. The quantitative estimate of drug-likeness (QED) is 0.905. The summed E-state index contributed by atoms with van der Waals surface area (Å²) in [7, 11) is 0. The number of aryl methyl sites for hydroxylation is 1. The summed E-state index contributed by atoms with van der Waals surface area (Å²) < 4.78 is 0. The Kier molecular flexibility index (Phi) is 3.82. The third-order valence-electron chi connectivity index (χ3n) is 3.91. The van der Waals surface area contributed by atoms with Crippen molar-refractivity contribution >= 4 is 5.91 Å². The van der Waals surface area contributed by atoms with Gasteiger partial charge in [-0.2, -0.15) is 0 Å². The van der Waals surface area contributed by atoms with Gasteiger partial charge in [0.25, 0.3) is 0 Å². The highest BCUT2D eigenvalue weighted by atomic mass is 16.1. The molecule has 0 spiro atoms. The second-order valence-electron chi connectivity index (χ2n) is 5.37. The number of hydrogen-bond donors (Lipinski definition) is 1. The maximum atomic E-state index is 12.2. The van der Waals surface area contributed by atoms with Crippen LogP contribution in [0.2, 0.25) is 0 Å². The van der Waals surface area contributed by atoms with E-state index in [0.717, 1.165) is 24.8 Å². The smallest absolute Gasteiger partial charge is 0.224 e. The molecule has 1 atom stereocenters. The van der Waals surface area contributed by atoms with Gasteiger partial charge in [-0.05, 0) is 36.0 Å². The molecule has 0 bridgehead atoms. The molecule has 20 heavy (non-hydrogen) atoms. The second-order valence-corrected chi connectivity index (χ2v) is 5.37. The van der Waals surface area contributed by atoms with Crippen molar-refractivity contribution in [3.63, 3.8) is 0 Å². The number of rotatable bonds is 3. The van der Waals surface area contributed by atoms with Gasteiger partial charge < -0.3 is 5.32 Å². The van der Waals surface area contributed by atoms with Crippen LogP contribution in [0.4, 0.5) is 0 Å². The number of hydrogen-bond acceptors (Lipinski definition) is 1. The van der Waals surface area contributed by atoms with Crippen LogP contribution in [-0.2, 0) is 17.6 Å². The first-order valence-corrected chi connectivity index (χ1v) is 7.24. The molecule has 0 radical (unpaired) electrons. The first-order chi connectivity index (χ1) is 9.83. The Labute approximate surface area is 119 Å². The van der Waals surface area contributed by atoms with Crippen molar-refractivity contribution < 1.29 is 4.79 Å². The van der Waals surface area contributed by atoms with Gasteiger partial charge in [0, 0.05) is 0 Å². The van der Waals surface area contributed by atoms with E-state index in [-0.39, 0.29) is 11.9 Å². The topological polar surface area (TPSA) is 29.1 Å². The first kappa shape index (κ1) is 12.9. The molecular weight excluding hydrogens is 246 g/mol. The Hall–Kier alpha value is -2.09. The molecule has 102 valence electrons. The summed E-state index contributed by atoms with van der Waals surface area (Å²) in [6, 6.07) is 18.5. The Bertz CT molecular complexity index is 591. The van der Waals surface area contributed by atoms with Crippen molar-refractivity contribution in [3.05, 3.63) is 71.3 Å². The Balaban J connectivity index is 1.68. The van der Waals surface area contributed by atoms with E-state index in [0.29, 0.717) is 6.42 Å². The zero-order valence-electron chi connectivity index (χ0n) is 11.5. The number of amides is 1. The molecule has 2 aromatic carbocycles. The zero-order chi connectivity index (χ0) is 13.8. The molecule has 1 aliphatic rings. The van der Waals surface area contributed by atoms with Gasteiger partial charge in [-0.15, -0.1) is 0 Å². The summed E-state index contributed by atoms with van der Waals surface area (Å²) in [5.74, 6) is 0.109. The molecule has 0 saturated heterocycles. The van der Waals surface area contributed by atoms with Gasteiger partial charge in [0.05, 0.1) is 12.5 Å². The first-order valence-electron chi connectivity index (χ1n) is 7.24. The van der Waals surface area contributed by atoms with Crippen LogP contribution in [0.15, 0.2) is 54.6 Å². The van der Waals surface area contributed by atoms with Gasteiger partial charge in [0.15, 0.2) is 0 Å². The van der Waals surface area contributed by atoms with Crippen LogP contribution in [0.5, 0.6) is 0 Å². The highest BCUT2D eigenvalue weighted by Gasteiger charge is 2.21. The van der Waals surface area contributed by atoms with Crippen LogP contribution in [0.25, 0.3) is 0 Å². The predicted octanol–water partition coefficient (Wildman–Crippen LogP) is 3.42. The lowest BCUT2D eigenvalue weighted by Crippen LogP contribution is -2.32. The normalized spacial score (nSPS) is 17.3. The number of carbonyl (C=O) groups excluding carboxylic acids is 1. The minimum Gasteiger partial charge on any atom is -0.349 e. The van der Waals surface area contributed by atoms with Crippen molar-refractivity contribution in [1.29, 1.82) is 0 Å². The fraction of sp³-hybridized carbons (Fsp3) is 0.278. The highest BCUT2D eigenvalue weighted by molar-refractivity contribution is 5.79. The standard InChI is InChI=1S/C18H19NO/c20-18(13-14-7-2-1-3-8-14)19-17-12-6-10-15-9-4-5-11-16(15)17/h1-5,7-9,11,17H,6,10,12-13H2,(H,19,20). The fourth-order valence-corrected chi connectivity index (χ4v) is 2.93. The number of benzene rings is 2. The summed E-state index contributed by atoms with van der Waals surface area (Å²) in [5.41, 5.74) is 3.73. The molecule has 3 rings (SSSR count). The van der Waals surface area contributed by atoms with E-state index in [4.69, 9.17) is 0 Å². The molecule has 1 unspecified atom stereocenters. The van der Waals surface area contributed by atoms with Gasteiger partial charge in [0.2, 0.25) is 5.91 Å². The van der Waals surface area contributed by atoms with Gasteiger partial charge in [0.1, 0.15) is 0 Å². The average molecular weight is 265 g/mol. The molecule has 2 heteroatoms. The summed E-state index contributed by atoms with van der Waals surface area (Å²) in [5, 5.41) is 3.18. The van der Waals surface area contributed by atoms with E-state index in [1.807, 2.05) is 30.3 Å². The van der Waals surface area contributed by atoms with Crippen molar-refractivity contribution in [1.82, 2.24) is 5.32 Å². The molecular formula is C18H19NO. The molecule has 2 nitrogen and oxygen atoms in total. The van der Waals surface area contributed by atoms with Crippen molar-refractivity contribution in [3.8, 4) is 0 Å². The highest BCUT2D eigenvalue weighted by Crippen LogP contribution is 2.29. The Morgan fingerprint density at radius 2 is 1.80 bits per heavy atom. The molecule has 1 aliphatic carbocycles. The molecule has 0 aromatic heterocycles. The minimum atomic E-state index is 0.109. The van der Waals surface area contributed by atoms with E-state index in [9.17, 15) is 4.79 Å². The van der Waals surface area contributed by atoms with Crippen LogP contribution < -0.4 is 5.32 Å². The summed E-state index contributed by atoms with van der Waals surface area (Å²) in [6.45, 7) is 0. The van der Waals surface area contributed by atoms with Gasteiger partial charge in [-0.25, -0.2) is 0 Å². The minimum absolute atomic E-state index is 0.109. The third-order valence-corrected chi connectivity index (χ3v) is 3.91. The van der Waals surface area contributed by atoms with E-state index in [1.165, 1.54) is 11.1 Å². The van der Waals surface area contributed by atoms with Crippen LogP contribution in [0.1, 0.15) is 35.6 Å². The summed E-state index contributed by atoms with van der Waals surface area (Å²) >= 11 is 0. The lowest BCUT2D eigenvalue weighted by atomic mass is 9.87. The maximum Gasteiger partial charge on any atom is 0.224 e. The van der Waals surface area contributed by atoms with E-state index in [1.54, 1.807) is 0 Å². The van der Waals surface area contributed by atoms with Gasteiger partial charge >= 0.3 is 0 Å². The molecule has 1 amide bonds. The number of nitrogens with one attached hydrogen (secondary N) is 1. The third kappa shape index (κ3) is 2.90. The van der Waals surface area contributed by atoms with Gasteiger partial charge in [-0.3, -0.25) is 4.79 Å². The molecule has 0 fully saturated rings. The molecule has 2 aromatic rings. The van der Waals surface area contributed by atoms with Crippen molar-refractivity contribution in [2.75, 3.05) is 0 Å². The zero-order valence-corrected chi connectivity index (χ0v) is 11.5. The van der Waals surface area contributed by atoms with E-state index in [2.05, 4.69) is 29.6 Å². The van der Waals surface area contributed by atoms with Crippen molar-refractivity contribution in [2.24, 2.45) is 0 Å². The summed E-state index contributed by atoms with van der Waals surface area (Å²) in [6.07, 6.45) is 3.77.